The quantitative estimate of drug-likeness (QED) is 0.810. The highest BCUT2D eigenvalue weighted by Crippen LogP contribution is 2.19. The minimum atomic E-state index is 0.684. The second-order valence-electron chi connectivity index (χ2n) is 3.83. The van der Waals surface area contributed by atoms with Gasteiger partial charge in [0, 0.05) is 33.4 Å². The van der Waals surface area contributed by atoms with Gasteiger partial charge in [-0.3, -0.25) is 0 Å². The minimum Gasteiger partial charge on any atom is -0.383 e. The van der Waals surface area contributed by atoms with Crippen molar-refractivity contribution in [3.8, 4) is 0 Å². The summed E-state index contributed by atoms with van der Waals surface area (Å²) in [4.78, 5) is 6.36. The zero-order valence-electron chi connectivity index (χ0n) is 10.7. The lowest BCUT2D eigenvalue weighted by molar-refractivity contribution is 0.206. The lowest BCUT2D eigenvalue weighted by Crippen LogP contribution is -2.23. The molecule has 0 aliphatic carbocycles. The average Bonchev–Trinajstić information content (AvgIpc) is 2.35. The topological polar surface area (TPSA) is 37.4 Å². The van der Waals surface area contributed by atoms with Crippen molar-refractivity contribution in [2.45, 2.75) is 13.5 Å². The summed E-state index contributed by atoms with van der Waals surface area (Å²) in [6, 6.07) is 2.01. The van der Waals surface area contributed by atoms with E-state index in [1.807, 2.05) is 13.1 Å². The predicted molar refractivity (Wildman–Crippen MR) is 71.8 cm³/mol. The van der Waals surface area contributed by atoms with Gasteiger partial charge in [-0.15, -0.1) is 0 Å². The number of likely N-dealkylation sites (N-methyl/N-ethyl adjacent to an activating group) is 1. The van der Waals surface area contributed by atoms with Crippen LogP contribution in [0.3, 0.4) is 0 Å². The van der Waals surface area contributed by atoms with Crippen LogP contribution in [0, 0.1) is 0 Å². The molecule has 1 heterocycles. The van der Waals surface area contributed by atoms with Crippen LogP contribution in [-0.2, 0) is 11.3 Å². The van der Waals surface area contributed by atoms with Crippen LogP contribution in [0.4, 0.5) is 5.82 Å². The highest BCUT2D eigenvalue weighted by molar-refractivity contribution is 6.31. The van der Waals surface area contributed by atoms with Crippen LogP contribution < -0.4 is 10.2 Å². The molecular weight excluding hydrogens is 238 g/mol. The Hall–Kier alpha value is -0.840. The Kier molecular flexibility index (Phi) is 6.26. The van der Waals surface area contributed by atoms with E-state index in [0.717, 1.165) is 31.0 Å². The van der Waals surface area contributed by atoms with Crippen molar-refractivity contribution in [2.75, 3.05) is 38.8 Å². The van der Waals surface area contributed by atoms with Crippen molar-refractivity contribution in [2.24, 2.45) is 0 Å². The van der Waals surface area contributed by atoms with Crippen LogP contribution in [0.2, 0.25) is 5.02 Å². The monoisotopic (exact) mass is 257 g/mol. The first-order chi connectivity index (χ1) is 8.19. The van der Waals surface area contributed by atoms with Gasteiger partial charge in [0.25, 0.3) is 0 Å². The van der Waals surface area contributed by atoms with Crippen LogP contribution in [-0.4, -0.2) is 38.8 Å². The molecule has 0 radical (unpaired) electrons. The van der Waals surface area contributed by atoms with Gasteiger partial charge in [0.15, 0.2) is 0 Å². The Bertz CT molecular complexity index is 347. The van der Waals surface area contributed by atoms with Crippen molar-refractivity contribution >= 4 is 17.4 Å². The number of nitrogens with zero attached hydrogens (tertiary/aromatic N) is 2. The fourth-order valence-electron chi connectivity index (χ4n) is 1.41. The van der Waals surface area contributed by atoms with E-state index in [1.165, 1.54) is 0 Å². The van der Waals surface area contributed by atoms with Crippen LogP contribution in [0.5, 0.6) is 0 Å². The highest BCUT2D eigenvalue weighted by atomic mass is 35.5. The molecule has 0 spiro atoms. The molecule has 5 heteroatoms. The van der Waals surface area contributed by atoms with Crippen molar-refractivity contribution < 1.29 is 4.74 Å². The standard InChI is InChI=1S/C12H20ClN3O/c1-4-14-8-10-7-12(15-9-11(10)13)16(2)5-6-17-3/h7,9,14H,4-6,8H2,1-3H3. The molecule has 1 rings (SSSR count). The third-order valence-corrected chi connectivity index (χ3v) is 2.85. The smallest absolute Gasteiger partial charge is 0.128 e. The molecule has 0 bridgehead atoms. The van der Waals surface area contributed by atoms with Gasteiger partial charge in [-0.2, -0.15) is 0 Å². The SMILES string of the molecule is CCNCc1cc(N(C)CCOC)ncc1Cl. The Morgan fingerprint density at radius 2 is 2.29 bits per heavy atom. The Labute approximate surface area is 108 Å². The summed E-state index contributed by atoms with van der Waals surface area (Å²) >= 11 is 6.10. The summed E-state index contributed by atoms with van der Waals surface area (Å²) in [6.45, 7) is 5.26. The summed E-state index contributed by atoms with van der Waals surface area (Å²) in [5.41, 5.74) is 1.07. The maximum absolute atomic E-state index is 6.10. The van der Waals surface area contributed by atoms with E-state index >= 15 is 0 Å². The normalized spacial score (nSPS) is 10.6. The Morgan fingerprint density at radius 3 is 2.94 bits per heavy atom. The van der Waals surface area contributed by atoms with Crippen molar-refractivity contribution in [1.82, 2.24) is 10.3 Å². The van der Waals surface area contributed by atoms with E-state index < -0.39 is 0 Å². The van der Waals surface area contributed by atoms with Crippen LogP contribution in [0.1, 0.15) is 12.5 Å². The average molecular weight is 258 g/mol. The summed E-state index contributed by atoms with van der Waals surface area (Å²) in [6.07, 6.45) is 1.70. The van der Waals surface area contributed by atoms with E-state index in [2.05, 4.69) is 22.1 Å². The molecule has 1 aromatic rings. The highest BCUT2D eigenvalue weighted by Gasteiger charge is 2.06. The third kappa shape index (κ3) is 4.50. The molecule has 1 N–H and O–H groups in total. The summed E-state index contributed by atoms with van der Waals surface area (Å²) < 4.78 is 5.04. The molecule has 0 fully saturated rings. The first kappa shape index (κ1) is 14.2. The maximum atomic E-state index is 6.10. The van der Waals surface area contributed by atoms with Crippen molar-refractivity contribution in [3.63, 3.8) is 0 Å². The molecule has 0 atom stereocenters. The molecule has 0 aliphatic heterocycles. The number of methoxy groups -OCH3 is 1. The largest absolute Gasteiger partial charge is 0.383 e. The fraction of sp³-hybridized carbons (Fsp3) is 0.583. The van der Waals surface area contributed by atoms with E-state index in [-0.39, 0.29) is 0 Å². The van der Waals surface area contributed by atoms with Crippen molar-refractivity contribution in [3.05, 3.63) is 22.8 Å². The zero-order chi connectivity index (χ0) is 12.7. The number of hydrogen-bond donors (Lipinski definition) is 1. The van der Waals surface area contributed by atoms with E-state index in [1.54, 1.807) is 13.3 Å². The summed E-state index contributed by atoms with van der Waals surface area (Å²) in [5.74, 6) is 0.916. The number of aromatic nitrogens is 1. The lowest BCUT2D eigenvalue weighted by atomic mass is 10.2. The van der Waals surface area contributed by atoms with Crippen LogP contribution in [0.25, 0.3) is 0 Å². The summed E-state index contributed by atoms with van der Waals surface area (Å²) in [7, 11) is 3.69. The molecule has 1 aromatic heterocycles. The molecule has 0 unspecified atom stereocenters. The number of pyridine rings is 1. The molecule has 96 valence electrons. The number of halogens is 1. The Balaban J connectivity index is 2.72. The second kappa shape index (κ2) is 7.48. The van der Waals surface area contributed by atoms with Gasteiger partial charge in [0.1, 0.15) is 5.82 Å². The van der Waals surface area contributed by atoms with Gasteiger partial charge in [-0.25, -0.2) is 4.98 Å². The van der Waals surface area contributed by atoms with Crippen LogP contribution >= 0.6 is 11.6 Å². The van der Waals surface area contributed by atoms with Gasteiger partial charge < -0.3 is 15.0 Å². The second-order valence-corrected chi connectivity index (χ2v) is 4.24. The van der Waals surface area contributed by atoms with Gasteiger partial charge in [0.2, 0.25) is 0 Å². The molecule has 0 aromatic carbocycles. The first-order valence-corrected chi connectivity index (χ1v) is 6.12. The minimum absolute atomic E-state index is 0.684. The number of nitrogens with one attached hydrogen (secondary N) is 1. The fourth-order valence-corrected chi connectivity index (χ4v) is 1.58. The summed E-state index contributed by atoms with van der Waals surface area (Å²) in [5, 5.41) is 3.96. The van der Waals surface area contributed by atoms with Crippen molar-refractivity contribution in [1.29, 1.82) is 0 Å². The molecule has 4 nitrogen and oxygen atoms in total. The Morgan fingerprint density at radius 1 is 1.53 bits per heavy atom. The zero-order valence-corrected chi connectivity index (χ0v) is 11.4. The molecular formula is C12H20ClN3O. The van der Waals surface area contributed by atoms with E-state index in [0.29, 0.717) is 11.6 Å². The van der Waals surface area contributed by atoms with E-state index in [9.17, 15) is 0 Å². The molecule has 0 aliphatic rings. The first-order valence-electron chi connectivity index (χ1n) is 5.74. The molecule has 0 amide bonds. The third-order valence-electron chi connectivity index (χ3n) is 2.51. The van der Waals surface area contributed by atoms with Gasteiger partial charge >= 0.3 is 0 Å². The lowest BCUT2D eigenvalue weighted by Gasteiger charge is -2.18. The molecule has 0 saturated heterocycles. The van der Waals surface area contributed by atoms with E-state index in [4.69, 9.17) is 16.3 Å². The van der Waals surface area contributed by atoms with Crippen LogP contribution in [0.15, 0.2) is 12.3 Å². The van der Waals surface area contributed by atoms with Gasteiger partial charge in [-0.05, 0) is 18.2 Å². The number of anilines is 1. The number of rotatable bonds is 7. The predicted octanol–water partition coefficient (Wildman–Crippen LogP) is 1.93. The number of hydrogen-bond acceptors (Lipinski definition) is 4. The number of ether oxygens (including phenoxy) is 1. The van der Waals surface area contributed by atoms with Gasteiger partial charge in [-0.1, -0.05) is 18.5 Å². The maximum Gasteiger partial charge on any atom is 0.128 e. The molecule has 0 saturated carbocycles. The molecule has 17 heavy (non-hydrogen) atoms. The van der Waals surface area contributed by atoms with Gasteiger partial charge in [0.05, 0.1) is 11.6 Å².